The van der Waals surface area contributed by atoms with Crippen LogP contribution in [0.5, 0.6) is 0 Å². The van der Waals surface area contributed by atoms with Crippen molar-refractivity contribution in [3.8, 4) is 0 Å². The van der Waals surface area contributed by atoms with Crippen molar-refractivity contribution in [2.75, 3.05) is 0 Å². The number of hydrogen-bond donors (Lipinski definition) is 0. The minimum absolute atomic E-state index is 0.733. The Bertz CT molecular complexity index is 145. The Morgan fingerprint density at radius 2 is 1.71 bits per heavy atom. The first-order valence-electron chi connectivity index (χ1n) is 6.68. The van der Waals surface area contributed by atoms with Gasteiger partial charge in [0, 0.05) is 0 Å². The maximum atomic E-state index is 2.42. The normalized spacial score (nSPS) is 20.6. The molecule has 1 heterocycles. The molecular weight excluding hydrogens is 184 g/mol. The van der Waals surface area contributed by atoms with Crippen LogP contribution in [0.25, 0.3) is 0 Å². The lowest BCUT2D eigenvalue weighted by Gasteiger charge is -2.28. The van der Waals surface area contributed by atoms with Gasteiger partial charge >= 0.3 is 0 Å². The van der Waals surface area contributed by atoms with E-state index in [1.165, 1.54) is 19.3 Å². The Labute approximate surface area is 91.5 Å². The van der Waals surface area contributed by atoms with Crippen molar-refractivity contribution < 1.29 is 0 Å². The van der Waals surface area contributed by atoms with Crippen molar-refractivity contribution in [1.29, 1.82) is 0 Å². The number of rotatable bonds is 6. The SMILES string of the molecule is CCCCC[Si]1(CC(C)C)CCCC1. The first-order valence-corrected chi connectivity index (χ1v) is 9.51. The van der Waals surface area contributed by atoms with Crippen molar-refractivity contribution in [2.45, 2.75) is 77.1 Å². The molecule has 0 aromatic heterocycles. The van der Waals surface area contributed by atoms with Gasteiger partial charge in [-0.3, -0.25) is 0 Å². The lowest BCUT2D eigenvalue weighted by Crippen LogP contribution is -2.31. The first kappa shape index (κ1) is 12.3. The minimum atomic E-state index is -0.733. The van der Waals surface area contributed by atoms with Crippen LogP contribution in [0.3, 0.4) is 0 Å². The van der Waals surface area contributed by atoms with Crippen LogP contribution < -0.4 is 0 Å². The molecule has 1 fully saturated rings. The predicted octanol–water partition coefficient (Wildman–Crippen LogP) is 5.08. The van der Waals surface area contributed by atoms with E-state index in [1.54, 1.807) is 37.0 Å². The highest BCUT2D eigenvalue weighted by Gasteiger charge is 2.35. The molecule has 14 heavy (non-hydrogen) atoms. The van der Waals surface area contributed by atoms with Crippen LogP contribution in [0.4, 0.5) is 0 Å². The summed E-state index contributed by atoms with van der Waals surface area (Å²) >= 11 is 0. The average Bonchev–Trinajstić information content (AvgIpc) is 2.53. The van der Waals surface area contributed by atoms with Gasteiger partial charge in [0.25, 0.3) is 0 Å². The van der Waals surface area contributed by atoms with E-state index in [4.69, 9.17) is 0 Å². The van der Waals surface area contributed by atoms with E-state index in [-0.39, 0.29) is 0 Å². The topological polar surface area (TPSA) is 0 Å². The summed E-state index contributed by atoms with van der Waals surface area (Å²) in [6.45, 7) is 7.17. The van der Waals surface area contributed by atoms with Crippen LogP contribution in [0.2, 0.25) is 24.2 Å². The van der Waals surface area contributed by atoms with E-state index in [1.807, 2.05) is 0 Å². The van der Waals surface area contributed by atoms with Gasteiger partial charge in [0.15, 0.2) is 0 Å². The summed E-state index contributed by atoms with van der Waals surface area (Å²) in [5.74, 6) is 0.960. The first-order chi connectivity index (χ1) is 6.68. The van der Waals surface area contributed by atoms with Gasteiger partial charge in [-0.15, -0.1) is 0 Å². The Morgan fingerprint density at radius 1 is 1.07 bits per heavy atom. The molecule has 0 aliphatic carbocycles. The third kappa shape index (κ3) is 3.76. The minimum Gasteiger partial charge on any atom is -0.0654 e. The predicted molar refractivity (Wildman–Crippen MR) is 68.6 cm³/mol. The highest BCUT2D eigenvalue weighted by atomic mass is 28.3. The molecule has 0 N–H and O–H groups in total. The van der Waals surface area contributed by atoms with Gasteiger partial charge in [-0.2, -0.15) is 0 Å². The zero-order valence-corrected chi connectivity index (χ0v) is 11.4. The molecule has 1 rings (SSSR count). The van der Waals surface area contributed by atoms with E-state index in [0.717, 1.165) is 5.92 Å². The summed E-state index contributed by atoms with van der Waals surface area (Å²) in [4.78, 5) is 0. The van der Waals surface area contributed by atoms with Gasteiger partial charge in [-0.1, -0.05) is 77.1 Å². The second-order valence-corrected chi connectivity index (χ2v) is 10.7. The Hall–Kier alpha value is 0.217. The van der Waals surface area contributed by atoms with E-state index in [9.17, 15) is 0 Å². The fourth-order valence-corrected chi connectivity index (χ4v) is 9.39. The van der Waals surface area contributed by atoms with Crippen LogP contribution >= 0.6 is 0 Å². The molecule has 1 aliphatic rings. The van der Waals surface area contributed by atoms with Crippen molar-refractivity contribution in [1.82, 2.24) is 0 Å². The summed E-state index contributed by atoms with van der Waals surface area (Å²) < 4.78 is 0. The maximum absolute atomic E-state index is 2.42. The third-order valence-electron chi connectivity index (χ3n) is 3.82. The van der Waals surface area contributed by atoms with Crippen LogP contribution in [0.1, 0.15) is 52.9 Å². The zero-order valence-electron chi connectivity index (χ0n) is 10.4. The largest absolute Gasteiger partial charge is 0.0654 e. The molecule has 1 heteroatoms. The van der Waals surface area contributed by atoms with Crippen molar-refractivity contribution >= 4 is 8.07 Å². The lowest BCUT2D eigenvalue weighted by atomic mass is 10.3. The highest BCUT2D eigenvalue weighted by Crippen LogP contribution is 2.39. The Balaban J connectivity index is 2.36. The second kappa shape index (κ2) is 5.94. The van der Waals surface area contributed by atoms with Gasteiger partial charge in [0.05, 0.1) is 8.07 Å². The van der Waals surface area contributed by atoms with Crippen LogP contribution in [-0.2, 0) is 0 Å². The molecule has 0 nitrogen and oxygen atoms in total. The summed E-state index contributed by atoms with van der Waals surface area (Å²) in [7, 11) is -0.733. The van der Waals surface area contributed by atoms with Crippen molar-refractivity contribution in [3.63, 3.8) is 0 Å². The average molecular weight is 212 g/mol. The molecule has 84 valence electrons. The van der Waals surface area contributed by atoms with Gasteiger partial charge in [0.2, 0.25) is 0 Å². The molecule has 0 saturated carbocycles. The molecule has 0 bridgehead atoms. The summed E-state index contributed by atoms with van der Waals surface area (Å²) in [5, 5.41) is 0. The Kier molecular flexibility index (Phi) is 5.22. The van der Waals surface area contributed by atoms with Crippen molar-refractivity contribution in [3.05, 3.63) is 0 Å². The van der Waals surface area contributed by atoms with Crippen LogP contribution in [0, 0.1) is 5.92 Å². The molecule has 0 spiro atoms. The third-order valence-corrected chi connectivity index (χ3v) is 9.74. The monoisotopic (exact) mass is 212 g/mol. The zero-order chi connectivity index (χ0) is 10.4. The van der Waals surface area contributed by atoms with Gasteiger partial charge < -0.3 is 0 Å². The van der Waals surface area contributed by atoms with Gasteiger partial charge in [-0.25, -0.2) is 0 Å². The summed E-state index contributed by atoms with van der Waals surface area (Å²) in [6, 6.07) is 6.60. The van der Waals surface area contributed by atoms with Crippen LogP contribution in [0.15, 0.2) is 0 Å². The van der Waals surface area contributed by atoms with E-state index in [0.29, 0.717) is 0 Å². The molecule has 1 saturated heterocycles. The molecule has 0 amide bonds. The fraction of sp³-hybridized carbons (Fsp3) is 1.00. The van der Waals surface area contributed by atoms with E-state index in [2.05, 4.69) is 20.8 Å². The standard InChI is InChI=1S/C13H28Si/c1-4-5-6-9-14(12-13(2)3)10-7-8-11-14/h13H,4-12H2,1-3H3. The molecule has 0 unspecified atom stereocenters. The summed E-state index contributed by atoms with van der Waals surface area (Å²) in [6.07, 6.45) is 7.53. The quantitative estimate of drug-likeness (QED) is 0.426. The number of hydrogen-bond acceptors (Lipinski definition) is 0. The number of unbranched alkanes of at least 4 members (excludes halogenated alkanes) is 2. The van der Waals surface area contributed by atoms with Gasteiger partial charge in [0.1, 0.15) is 0 Å². The fourth-order valence-electron chi connectivity index (χ4n) is 3.30. The van der Waals surface area contributed by atoms with Crippen molar-refractivity contribution in [2.24, 2.45) is 5.92 Å². The maximum Gasteiger partial charge on any atom is 0.0538 e. The molecule has 0 radical (unpaired) electrons. The molecule has 0 aromatic rings. The Morgan fingerprint density at radius 3 is 2.21 bits per heavy atom. The van der Waals surface area contributed by atoms with E-state index >= 15 is 0 Å². The van der Waals surface area contributed by atoms with Crippen LogP contribution in [-0.4, -0.2) is 8.07 Å². The molecule has 1 aliphatic heterocycles. The van der Waals surface area contributed by atoms with E-state index < -0.39 is 8.07 Å². The molecule has 0 aromatic carbocycles. The second-order valence-electron chi connectivity index (χ2n) is 5.76. The summed E-state index contributed by atoms with van der Waals surface area (Å²) in [5.41, 5.74) is 0. The molecule has 0 atom stereocenters. The smallest absolute Gasteiger partial charge is 0.0538 e. The van der Waals surface area contributed by atoms with Gasteiger partial charge in [-0.05, 0) is 5.92 Å². The lowest BCUT2D eigenvalue weighted by molar-refractivity contribution is 0.700. The molecular formula is C13H28Si. The highest BCUT2D eigenvalue weighted by molar-refractivity contribution is 6.80.